The van der Waals surface area contributed by atoms with Gasteiger partial charge in [0.05, 0.1) is 12.8 Å². The monoisotopic (exact) mass is 234 g/mol. The second-order valence-corrected chi connectivity index (χ2v) is 2.85. The van der Waals surface area contributed by atoms with Crippen molar-refractivity contribution in [2.75, 3.05) is 7.11 Å². The number of carbonyl (C=O) groups is 1. The molecule has 0 aromatic carbocycles. The predicted molar refractivity (Wildman–Crippen MR) is 48.4 cm³/mol. The normalized spacial score (nSPS) is 10.6. The van der Waals surface area contributed by atoms with Crippen molar-refractivity contribution in [3.63, 3.8) is 0 Å². The highest BCUT2D eigenvalue weighted by Gasteiger charge is 2.21. The molecule has 0 saturated carbocycles. The van der Waals surface area contributed by atoms with E-state index in [1.807, 2.05) is 0 Å². The molecule has 16 heavy (non-hydrogen) atoms. The van der Waals surface area contributed by atoms with Gasteiger partial charge < -0.3 is 10.5 Å². The average Bonchev–Trinajstić information content (AvgIpc) is 2.27. The third-order valence-electron chi connectivity index (χ3n) is 1.90. The number of hydrogen-bond acceptors (Lipinski definition) is 4. The largest absolute Gasteiger partial charge is 0.464 e. The predicted octanol–water partition coefficient (Wildman–Crippen LogP) is 1.40. The number of aromatic nitrogens is 1. The molecule has 0 aliphatic carbocycles. The topological polar surface area (TPSA) is 65.2 Å². The molecule has 4 nitrogen and oxygen atoms in total. The highest BCUT2D eigenvalue weighted by Crippen LogP contribution is 2.23. The smallest absolute Gasteiger partial charge is 0.359 e. The summed E-state index contributed by atoms with van der Waals surface area (Å²) in [4.78, 5) is 14.5. The molecule has 0 saturated heterocycles. The van der Waals surface area contributed by atoms with Gasteiger partial charge in [0.15, 0.2) is 11.5 Å². The molecule has 2 N–H and O–H groups in total. The maximum absolute atomic E-state index is 13.2. The van der Waals surface area contributed by atoms with Gasteiger partial charge in [-0.05, 0) is 6.07 Å². The Bertz CT molecular complexity index is 410. The maximum atomic E-state index is 13.2. The van der Waals surface area contributed by atoms with Crippen molar-refractivity contribution >= 4 is 5.97 Å². The van der Waals surface area contributed by atoms with E-state index in [1.165, 1.54) is 0 Å². The summed E-state index contributed by atoms with van der Waals surface area (Å²) in [6.07, 6.45) is -2.90. The Kier molecular flexibility index (Phi) is 3.83. The summed E-state index contributed by atoms with van der Waals surface area (Å²) in [5.41, 5.74) is 3.69. The average molecular weight is 234 g/mol. The summed E-state index contributed by atoms with van der Waals surface area (Å²) in [7, 11) is 1.03. The van der Waals surface area contributed by atoms with Crippen molar-refractivity contribution in [1.82, 2.24) is 4.98 Å². The molecule has 0 amide bonds. The SMILES string of the molecule is COC(=O)c1nc(CN)c(C(F)F)cc1F. The third kappa shape index (κ3) is 2.30. The molecule has 0 aliphatic rings. The molecule has 0 aliphatic heterocycles. The van der Waals surface area contributed by atoms with E-state index >= 15 is 0 Å². The van der Waals surface area contributed by atoms with Crippen LogP contribution in [-0.2, 0) is 11.3 Å². The number of rotatable bonds is 3. The van der Waals surface area contributed by atoms with Crippen LogP contribution in [-0.4, -0.2) is 18.1 Å². The molecule has 7 heteroatoms. The van der Waals surface area contributed by atoms with E-state index in [9.17, 15) is 18.0 Å². The summed E-state index contributed by atoms with van der Waals surface area (Å²) in [5.74, 6) is -2.19. The first kappa shape index (κ1) is 12.4. The first-order valence-corrected chi connectivity index (χ1v) is 4.27. The van der Waals surface area contributed by atoms with Crippen molar-refractivity contribution in [1.29, 1.82) is 0 Å². The first-order valence-electron chi connectivity index (χ1n) is 4.27. The Hall–Kier alpha value is -1.63. The molecule has 0 spiro atoms. The number of methoxy groups -OCH3 is 1. The van der Waals surface area contributed by atoms with Crippen LogP contribution in [0.3, 0.4) is 0 Å². The number of halogens is 3. The van der Waals surface area contributed by atoms with Crippen LogP contribution < -0.4 is 5.73 Å². The fourth-order valence-corrected chi connectivity index (χ4v) is 1.13. The van der Waals surface area contributed by atoms with Crippen LogP contribution in [0, 0.1) is 5.82 Å². The van der Waals surface area contributed by atoms with E-state index in [-0.39, 0.29) is 12.2 Å². The number of alkyl halides is 2. The van der Waals surface area contributed by atoms with Gasteiger partial charge in [0, 0.05) is 12.1 Å². The number of nitrogens with two attached hydrogens (primary N) is 1. The summed E-state index contributed by atoms with van der Waals surface area (Å²) >= 11 is 0. The van der Waals surface area contributed by atoms with Crippen molar-refractivity contribution in [2.45, 2.75) is 13.0 Å². The van der Waals surface area contributed by atoms with Crippen LogP contribution in [0.2, 0.25) is 0 Å². The zero-order valence-electron chi connectivity index (χ0n) is 8.34. The Morgan fingerprint density at radius 2 is 2.25 bits per heavy atom. The van der Waals surface area contributed by atoms with Gasteiger partial charge >= 0.3 is 5.97 Å². The summed E-state index contributed by atoms with van der Waals surface area (Å²) in [6, 6.07) is 0.548. The molecule has 0 bridgehead atoms. The van der Waals surface area contributed by atoms with Crippen LogP contribution in [0.5, 0.6) is 0 Å². The van der Waals surface area contributed by atoms with E-state index in [1.54, 1.807) is 0 Å². The lowest BCUT2D eigenvalue weighted by Crippen LogP contribution is -2.14. The number of ether oxygens (including phenoxy) is 1. The third-order valence-corrected chi connectivity index (χ3v) is 1.90. The quantitative estimate of drug-likeness (QED) is 0.803. The van der Waals surface area contributed by atoms with Crippen LogP contribution in [0.1, 0.15) is 28.2 Å². The fraction of sp³-hybridized carbons (Fsp3) is 0.333. The summed E-state index contributed by atoms with van der Waals surface area (Å²) in [5, 5.41) is 0. The molecule has 1 aromatic rings. The van der Waals surface area contributed by atoms with Crippen molar-refractivity contribution < 1.29 is 22.7 Å². The lowest BCUT2D eigenvalue weighted by molar-refractivity contribution is 0.0587. The minimum absolute atomic E-state index is 0.225. The van der Waals surface area contributed by atoms with Crippen LogP contribution in [0.25, 0.3) is 0 Å². The highest BCUT2D eigenvalue weighted by molar-refractivity contribution is 5.87. The lowest BCUT2D eigenvalue weighted by Gasteiger charge is -2.08. The highest BCUT2D eigenvalue weighted by atomic mass is 19.3. The Morgan fingerprint density at radius 3 is 2.69 bits per heavy atom. The minimum Gasteiger partial charge on any atom is -0.464 e. The van der Waals surface area contributed by atoms with Gasteiger partial charge in [0.1, 0.15) is 0 Å². The number of nitrogens with zero attached hydrogens (tertiary/aromatic N) is 1. The first-order chi connectivity index (χ1) is 7.51. The van der Waals surface area contributed by atoms with Crippen molar-refractivity contribution in [3.05, 3.63) is 28.8 Å². The molecule has 1 rings (SSSR count). The van der Waals surface area contributed by atoms with Gasteiger partial charge in [0.25, 0.3) is 6.43 Å². The lowest BCUT2D eigenvalue weighted by atomic mass is 10.1. The summed E-state index contributed by atoms with van der Waals surface area (Å²) < 4.78 is 42.3. The van der Waals surface area contributed by atoms with Gasteiger partial charge in [-0.1, -0.05) is 0 Å². The van der Waals surface area contributed by atoms with Gasteiger partial charge in [-0.25, -0.2) is 22.9 Å². The second-order valence-electron chi connectivity index (χ2n) is 2.85. The molecule has 1 aromatic heterocycles. The summed E-state index contributed by atoms with van der Waals surface area (Å²) in [6.45, 7) is -0.316. The van der Waals surface area contributed by atoms with E-state index in [0.29, 0.717) is 6.07 Å². The number of pyridine rings is 1. The van der Waals surface area contributed by atoms with E-state index in [2.05, 4.69) is 9.72 Å². The number of carbonyl (C=O) groups excluding carboxylic acids is 1. The Labute approximate surface area is 89.2 Å². The zero-order valence-corrected chi connectivity index (χ0v) is 8.34. The molecule has 1 heterocycles. The zero-order chi connectivity index (χ0) is 12.3. The number of hydrogen-bond donors (Lipinski definition) is 1. The van der Waals surface area contributed by atoms with Crippen LogP contribution >= 0.6 is 0 Å². The maximum Gasteiger partial charge on any atom is 0.359 e. The second kappa shape index (κ2) is 4.93. The standard InChI is InChI=1S/C9H9F3N2O2/c1-16-9(15)7-5(10)2-4(8(11)12)6(3-13)14-7/h2,8H,3,13H2,1H3. The molecular weight excluding hydrogens is 225 g/mol. The number of esters is 1. The van der Waals surface area contributed by atoms with Gasteiger partial charge in [-0.3, -0.25) is 0 Å². The Morgan fingerprint density at radius 1 is 1.62 bits per heavy atom. The van der Waals surface area contributed by atoms with Gasteiger partial charge in [0.2, 0.25) is 0 Å². The molecule has 0 radical (unpaired) electrons. The van der Waals surface area contributed by atoms with Gasteiger partial charge in [-0.15, -0.1) is 0 Å². The van der Waals surface area contributed by atoms with E-state index < -0.39 is 29.5 Å². The van der Waals surface area contributed by atoms with Crippen LogP contribution in [0.4, 0.5) is 13.2 Å². The van der Waals surface area contributed by atoms with Gasteiger partial charge in [-0.2, -0.15) is 0 Å². The van der Waals surface area contributed by atoms with E-state index in [0.717, 1.165) is 7.11 Å². The molecular formula is C9H9F3N2O2. The van der Waals surface area contributed by atoms with Crippen molar-refractivity contribution in [3.8, 4) is 0 Å². The minimum atomic E-state index is -2.90. The molecule has 88 valence electrons. The fourth-order valence-electron chi connectivity index (χ4n) is 1.13. The molecule has 0 unspecified atom stereocenters. The van der Waals surface area contributed by atoms with Crippen LogP contribution in [0.15, 0.2) is 6.07 Å². The van der Waals surface area contributed by atoms with Crippen molar-refractivity contribution in [2.24, 2.45) is 5.73 Å². The Balaban J connectivity index is 3.31. The molecule has 0 atom stereocenters. The molecule has 0 fully saturated rings. The van der Waals surface area contributed by atoms with E-state index in [4.69, 9.17) is 5.73 Å².